The molecule has 2 aromatic rings. The van der Waals surface area contributed by atoms with Crippen molar-refractivity contribution in [2.45, 2.75) is 45.6 Å². The van der Waals surface area contributed by atoms with Gasteiger partial charge in [0.25, 0.3) is 5.91 Å². The number of amides is 2. The quantitative estimate of drug-likeness (QED) is 0.663. The van der Waals surface area contributed by atoms with Crippen LogP contribution in [-0.4, -0.2) is 42.5 Å². The average Bonchev–Trinajstić information content (AvgIpc) is 2.78. The molecule has 0 bridgehead atoms. The van der Waals surface area contributed by atoms with E-state index in [1.54, 1.807) is 18.2 Å². The first-order chi connectivity index (χ1) is 14.9. The molecule has 5 nitrogen and oxygen atoms in total. The minimum absolute atomic E-state index is 0.0215. The second kappa shape index (κ2) is 10.7. The van der Waals surface area contributed by atoms with Crippen molar-refractivity contribution in [3.8, 4) is 5.75 Å². The van der Waals surface area contributed by atoms with Crippen LogP contribution in [0.1, 0.15) is 55.5 Å². The van der Waals surface area contributed by atoms with Crippen LogP contribution in [0.2, 0.25) is 5.02 Å². The molecule has 0 spiro atoms. The van der Waals surface area contributed by atoms with Gasteiger partial charge in [-0.1, -0.05) is 49.7 Å². The molecule has 0 aliphatic carbocycles. The van der Waals surface area contributed by atoms with Crippen LogP contribution in [0, 0.1) is 5.92 Å². The Kier molecular flexibility index (Phi) is 7.97. The van der Waals surface area contributed by atoms with E-state index < -0.39 is 6.04 Å². The number of hydrogen-bond acceptors (Lipinski definition) is 3. The Morgan fingerprint density at radius 3 is 2.35 bits per heavy atom. The fraction of sp³-hybridized carbons (Fsp3) is 0.440. The van der Waals surface area contributed by atoms with Gasteiger partial charge in [-0.05, 0) is 61.4 Å². The van der Waals surface area contributed by atoms with Gasteiger partial charge in [0, 0.05) is 18.1 Å². The Hall–Kier alpha value is -2.53. The number of halogens is 1. The van der Waals surface area contributed by atoms with Gasteiger partial charge in [0.2, 0.25) is 5.91 Å². The highest BCUT2D eigenvalue weighted by Gasteiger charge is 2.32. The number of nitrogens with zero attached hydrogens (tertiary/aromatic N) is 1. The van der Waals surface area contributed by atoms with Crippen molar-refractivity contribution in [3.63, 3.8) is 0 Å². The molecule has 1 aliphatic rings. The Bertz CT molecular complexity index is 890. The summed E-state index contributed by atoms with van der Waals surface area (Å²) >= 11 is 6.00. The maximum Gasteiger partial charge on any atom is 0.255 e. The Morgan fingerprint density at radius 1 is 1.10 bits per heavy atom. The van der Waals surface area contributed by atoms with Crippen LogP contribution >= 0.6 is 11.6 Å². The lowest BCUT2D eigenvalue weighted by molar-refractivity contribution is -0.135. The highest BCUT2D eigenvalue weighted by molar-refractivity contribution is 6.30. The summed E-state index contributed by atoms with van der Waals surface area (Å²) in [6.07, 6.45) is 1.80. The molecule has 1 saturated heterocycles. The third-order valence-electron chi connectivity index (χ3n) is 5.80. The lowest BCUT2D eigenvalue weighted by Gasteiger charge is -2.35. The Balaban J connectivity index is 1.65. The molecule has 0 unspecified atom stereocenters. The van der Waals surface area contributed by atoms with Crippen LogP contribution in [0.15, 0.2) is 48.5 Å². The lowest BCUT2D eigenvalue weighted by Crippen LogP contribution is -2.52. The molecule has 1 aliphatic heterocycles. The lowest BCUT2D eigenvalue weighted by atomic mass is 9.89. The first-order valence-corrected chi connectivity index (χ1v) is 11.4. The van der Waals surface area contributed by atoms with Crippen LogP contribution in [0.25, 0.3) is 0 Å². The van der Waals surface area contributed by atoms with Crippen molar-refractivity contribution in [3.05, 3.63) is 64.7 Å². The third kappa shape index (κ3) is 5.79. The molecule has 0 aromatic heterocycles. The molecule has 0 radical (unpaired) electrons. The number of para-hydroxylation sites is 1. The first-order valence-electron chi connectivity index (χ1n) is 11.0. The molecule has 2 amide bonds. The average molecular weight is 443 g/mol. The second-order valence-corrected chi connectivity index (χ2v) is 8.71. The predicted molar refractivity (Wildman–Crippen MR) is 124 cm³/mol. The van der Waals surface area contributed by atoms with E-state index in [1.807, 2.05) is 43.9 Å². The van der Waals surface area contributed by atoms with E-state index in [4.69, 9.17) is 16.3 Å². The summed E-state index contributed by atoms with van der Waals surface area (Å²) in [6, 6.07) is 14.5. The third-order valence-corrected chi connectivity index (χ3v) is 6.05. The normalized spacial score (nSPS) is 15.6. The highest BCUT2D eigenvalue weighted by Crippen LogP contribution is 2.29. The number of piperidine rings is 1. The van der Waals surface area contributed by atoms with Crippen molar-refractivity contribution in [1.29, 1.82) is 0 Å². The van der Waals surface area contributed by atoms with Crippen molar-refractivity contribution in [2.24, 2.45) is 5.92 Å². The van der Waals surface area contributed by atoms with Crippen molar-refractivity contribution < 1.29 is 14.3 Å². The molecule has 1 atom stereocenters. The number of carbonyl (C=O) groups is 2. The topological polar surface area (TPSA) is 58.6 Å². The number of carbonyl (C=O) groups excluding carboxylic acids is 2. The molecule has 0 saturated carbocycles. The summed E-state index contributed by atoms with van der Waals surface area (Å²) < 4.78 is 5.57. The van der Waals surface area contributed by atoms with Gasteiger partial charge >= 0.3 is 0 Å². The minimum atomic E-state index is -0.575. The van der Waals surface area contributed by atoms with E-state index >= 15 is 0 Å². The van der Waals surface area contributed by atoms with Gasteiger partial charge < -0.3 is 15.0 Å². The van der Waals surface area contributed by atoms with Crippen LogP contribution in [0.3, 0.4) is 0 Å². The number of benzene rings is 2. The monoisotopic (exact) mass is 442 g/mol. The summed E-state index contributed by atoms with van der Waals surface area (Å²) in [5.41, 5.74) is 1.71. The SMILES string of the molecule is CCOc1ccccc1C(=O)N[C@@H](C(=O)N1CCC(c2ccc(Cl)cc2)CC1)C(C)C. The van der Waals surface area contributed by atoms with Crippen LogP contribution in [0.4, 0.5) is 0 Å². The second-order valence-electron chi connectivity index (χ2n) is 8.28. The highest BCUT2D eigenvalue weighted by atomic mass is 35.5. The van der Waals surface area contributed by atoms with E-state index in [2.05, 4.69) is 17.4 Å². The Morgan fingerprint density at radius 2 is 1.74 bits per heavy atom. The van der Waals surface area contributed by atoms with E-state index in [0.29, 0.717) is 36.9 Å². The molecule has 1 N–H and O–H groups in total. The zero-order valence-corrected chi connectivity index (χ0v) is 19.2. The predicted octanol–water partition coefficient (Wildman–Crippen LogP) is 4.90. The van der Waals surface area contributed by atoms with E-state index in [1.165, 1.54) is 5.56 Å². The van der Waals surface area contributed by atoms with E-state index in [-0.39, 0.29) is 17.7 Å². The molecule has 2 aromatic carbocycles. The molecule has 31 heavy (non-hydrogen) atoms. The van der Waals surface area contributed by atoms with Crippen molar-refractivity contribution in [1.82, 2.24) is 10.2 Å². The zero-order valence-electron chi connectivity index (χ0n) is 18.4. The summed E-state index contributed by atoms with van der Waals surface area (Å²) in [6.45, 7) is 7.62. The van der Waals surface area contributed by atoms with Gasteiger partial charge in [-0.15, -0.1) is 0 Å². The first kappa shape index (κ1) is 23.1. The van der Waals surface area contributed by atoms with Crippen LogP contribution in [-0.2, 0) is 4.79 Å². The van der Waals surface area contributed by atoms with Crippen molar-refractivity contribution >= 4 is 23.4 Å². The molecule has 1 fully saturated rings. The van der Waals surface area contributed by atoms with Gasteiger partial charge in [0.05, 0.1) is 12.2 Å². The van der Waals surface area contributed by atoms with Crippen molar-refractivity contribution in [2.75, 3.05) is 19.7 Å². The molecular formula is C25H31ClN2O3. The number of nitrogens with one attached hydrogen (secondary N) is 1. The van der Waals surface area contributed by atoms with Gasteiger partial charge in [-0.2, -0.15) is 0 Å². The largest absolute Gasteiger partial charge is 0.493 e. The summed E-state index contributed by atoms with van der Waals surface area (Å²) in [5.74, 6) is 0.622. The molecule has 6 heteroatoms. The van der Waals surface area contributed by atoms with Crippen LogP contribution < -0.4 is 10.1 Å². The summed E-state index contributed by atoms with van der Waals surface area (Å²) in [4.78, 5) is 28.1. The fourth-order valence-corrected chi connectivity index (χ4v) is 4.16. The molecule has 166 valence electrons. The fourth-order valence-electron chi connectivity index (χ4n) is 4.03. The van der Waals surface area contributed by atoms with Crippen LogP contribution in [0.5, 0.6) is 5.75 Å². The maximum absolute atomic E-state index is 13.3. The Labute approximate surface area is 189 Å². The smallest absolute Gasteiger partial charge is 0.255 e. The van der Waals surface area contributed by atoms with Gasteiger partial charge in [-0.25, -0.2) is 0 Å². The number of hydrogen-bond donors (Lipinski definition) is 1. The van der Waals surface area contributed by atoms with E-state index in [0.717, 1.165) is 17.9 Å². The minimum Gasteiger partial charge on any atom is -0.493 e. The maximum atomic E-state index is 13.3. The van der Waals surface area contributed by atoms with Gasteiger partial charge in [0.15, 0.2) is 0 Å². The summed E-state index contributed by atoms with van der Waals surface area (Å²) in [7, 11) is 0. The molecule has 1 heterocycles. The number of likely N-dealkylation sites (tertiary alicyclic amines) is 1. The molecular weight excluding hydrogens is 412 g/mol. The summed E-state index contributed by atoms with van der Waals surface area (Å²) in [5, 5.41) is 3.69. The standard InChI is InChI=1S/C25H31ClN2O3/c1-4-31-22-8-6-5-7-21(22)24(29)27-23(17(2)3)25(30)28-15-13-19(14-16-28)18-9-11-20(26)12-10-18/h5-12,17,19,23H,4,13-16H2,1-3H3,(H,27,29)/t23-/m1/s1. The van der Waals surface area contributed by atoms with Gasteiger partial charge in [-0.3, -0.25) is 9.59 Å². The van der Waals surface area contributed by atoms with E-state index in [9.17, 15) is 9.59 Å². The molecule has 3 rings (SSSR count). The number of ether oxygens (including phenoxy) is 1. The zero-order chi connectivity index (χ0) is 22.4. The van der Waals surface area contributed by atoms with Gasteiger partial charge in [0.1, 0.15) is 11.8 Å². The number of rotatable bonds is 7.